The number of sulfone groups is 1. The molecule has 0 saturated carbocycles. The molecule has 2 aliphatic rings. The summed E-state index contributed by atoms with van der Waals surface area (Å²) < 4.78 is 31.8. The van der Waals surface area contributed by atoms with Crippen molar-refractivity contribution in [2.75, 3.05) is 30.3 Å². The lowest BCUT2D eigenvalue weighted by atomic mass is 9.83. The molecule has 0 spiro atoms. The van der Waals surface area contributed by atoms with Gasteiger partial charge in [0.1, 0.15) is 10.8 Å². The summed E-state index contributed by atoms with van der Waals surface area (Å²) in [6.45, 7) is 8.20. The van der Waals surface area contributed by atoms with Gasteiger partial charge in [-0.15, -0.1) is 0 Å². The number of ether oxygens (including phenoxy) is 1. The molecule has 0 amide bonds. The SMILES string of the molecule is Cc1cc(Nc2ncc(Cl)c(Nc3ccccc3S(=O)(=O)C(C)C)n2)c2c(c1C1CCNCC1)CCO2. The van der Waals surface area contributed by atoms with E-state index in [2.05, 4.69) is 38.9 Å². The van der Waals surface area contributed by atoms with E-state index >= 15 is 0 Å². The van der Waals surface area contributed by atoms with Crippen molar-refractivity contribution in [3.8, 4) is 5.75 Å². The van der Waals surface area contributed by atoms with Crippen molar-refractivity contribution < 1.29 is 13.2 Å². The molecular weight excluding hydrogens is 510 g/mol. The first-order chi connectivity index (χ1) is 17.8. The fraction of sp³-hybridized carbons (Fsp3) is 0.407. The Kier molecular flexibility index (Phi) is 7.29. The van der Waals surface area contributed by atoms with Crippen LogP contribution in [0.15, 0.2) is 41.4 Å². The fourth-order valence-corrected chi connectivity index (χ4v) is 6.50. The second-order valence-corrected chi connectivity index (χ2v) is 12.7. The second-order valence-electron chi connectivity index (χ2n) is 9.82. The van der Waals surface area contributed by atoms with Crippen LogP contribution in [-0.4, -0.2) is 43.3 Å². The van der Waals surface area contributed by atoms with Crippen molar-refractivity contribution in [2.24, 2.45) is 0 Å². The minimum Gasteiger partial charge on any atom is -0.491 e. The molecule has 2 aromatic carbocycles. The zero-order valence-corrected chi connectivity index (χ0v) is 22.8. The van der Waals surface area contributed by atoms with Crippen LogP contribution in [0.25, 0.3) is 0 Å². The maximum absolute atomic E-state index is 12.9. The number of anilines is 4. The van der Waals surface area contributed by atoms with Gasteiger partial charge >= 0.3 is 0 Å². The van der Waals surface area contributed by atoms with Crippen LogP contribution in [0.4, 0.5) is 23.1 Å². The normalized spacial score (nSPS) is 15.9. The van der Waals surface area contributed by atoms with Gasteiger partial charge in [0.2, 0.25) is 5.95 Å². The van der Waals surface area contributed by atoms with Crippen LogP contribution >= 0.6 is 11.6 Å². The van der Waals surface area contributed by atoms with E-state index in [1.54, 1.807) is 38.1 Å². The summed E-state index contributed by atoms with van der Waals surface area (Å²) in [6, 6.07) is 8.86. The van der Waals surface area contributed by atoms with Gasteiger partial charge in [-0.25, -0.2) is 13.4 Å². The molecule has 1 saturated heterocycles. The number of nitrogens with one attached hydrogen (secondary N) is 3. The first kappa shape index (κ1) is 25.8. The molecule has 0 bridgehead atoms. The van der Waals surface area contributed by atoms with Crippen LogP contribution in [0.1, 0.15) is 49.3 Å². The van der Waals surface area contributed by atoms with Crippen LogP contribution in [0.2, 0.25) is 5.02 Å². The Morgan fingerprint density at radius 3 is 2.65 bits per heavy atom. The Balaban J connectivity index is 1.46. The molecule has 3 N–H and O–H groups in total. The molecule has 1 fully saturated rings. The highest BCUT2D eigenvalue weighted by molar-refractivity contribution is 7.92. The number of aromatic nitrogens is 2. The third-order valence-corrected chi connectivity index (χ3v) is 9.52. The van der Waals surface area contributed by atoms with E-state index in [1.807, 2.05) is 0 Å². The Bertz CT molecular complexity index is 1420. The molecule has 10 heteroatoms. The van der Waals surface area contributed by atoms with E-state index in [0.717, 1.165) is 43.8 Å². The van der Waals surface area contributed by atoms with E-state index < -0.39 is 15.1 Å². The Hall–Kier alpha value is -2.88. The second kappa shape index (κ2) is 10.5. The highest BCUT2D eigenvalue weighted by Crippen LogP contribution is 2.44. The number of benzene rings is 2. The lowest BCUT2D eigenvalue weighted by Gasteiger charge is -2.27. The average Bonchev–Trinajstić information content (AvgIpc) is 3.37. The maximum Gasteiger partial charge on any atom is 0.229 e. The highest BCUT2D eigenvalue weighted by atomic mass is 35.5. The molecule has 3 aromatic rings. The van der Waals surface area contributed by atoms with Gasteiger partial charge in [-0.3, -0.25) is 0 Å². The van der Waals surface area contributed by atoms with E-state index in [-0.39, 0.29) is 9.92 Å². The molecule has 0 atom stereocenters. The largest absolute Gasteiger partial charge is 0.491 e. The summed E-state index contributed by atoms with van der Waals surface area (Å²) in [5.74, 6) is 2.05. The van der Waals surface area contributed by atoms with Gasteiger partial charge in [0, 0.05) is 12.0 Å². The molecule has 196 valence electrons. The zero-order chi connectivity index (χ0) is 26.2. The van der Waals surface area contributed by atoms with Crippen LogP contribution in [0.3, 0.4) is 0 Å². The number of para-hydroxylation sites is 1. The first-order valence-corrected chi connectivity index (χ1v) is 14.6. The number of nitrogens with zero attached hydrogens (tertiary/aromatic N) is 2. The van der Waals surface area contributed by atoms with Crippen LogP contribution in [-0.2, 0) is 16.3 Å². The van der Waals surface area contributed by atoms with Crippen LogP contribution < -0.4 is 20.7 Å². The van der Waals surface area contributed by atoms with E-state index in [0.29, 0.717) is 30.0 Å². The first-order valence-electron chi connectivity index (χ1n) is 12.6. The predicted molar refractivity (Wildman–Crippen MR) is 148 cm³/mol. The molecule has 37 heavy (non-hydrogen) atoms. The van der Waals surface area contributed by atoms with Crippen molar-refractivity contribution in [1.29, 1.82) is 0 Å². The Morgan fingerprint density at radius 1 is 1.14 bits per heavy atom. The van der Waals surface area contributed by atoms with Crippen molar-refractivity contribution >= 4 is 44.6 Å². The number of hydrogen-bond acceptors (Lipinski definition) is 8. The Morgan fingerprint density at radius 2 is 1.89 bits per heavy atom. The smallest absolute Gasteiger partial charge is 0.229 e. The third kappa shape index (κ3) is 5.12. The average molecular weight is 542 g/mol. The number of aryl methyl sites for hydroxylation is 1. The summed E-state index contributed by atoms with van der Waals surface area (Å²) in [5, 5.41) is 9.59. The third-order valence-electron chi connectivity index (χ3n) is 7.03. The summed E-state index contributed by atoms with van der Waals surface area (Å²) in [6.07, 6.45) is 4.64. The number of hydrogen-bond donors (Lipinski definition) is 3. The molecular formula is C27H32ClN5O3S. The number of rotatable bonds is 7. The van der Waals surface area contributed by atoms with Gasteiger partial charge in [0.25, 0.3) is 0 Å². The van der Waals surface area contributed by atoms with E-state index in [1.165, 1.54) is 22.9 Å². The number of piperidine rings is 1. The predicted octanol–water partition coefficient (Wildman–Crippen LogP) is 5.51. The van der Waals surface area contributed by atoms with Crippen molar-refractivity contribution in [3.05, 3.63) is 58.2 Å². The highest BCUT2D eigenvalue weighted by Gasteiger charge is 2.28. The van der Waals surface area contributed by atoms with Gasteiger partial charge in [-0.1, -0.05) is 23.7 Å². The molecule has 1 aromatic heterocycles. The van der Waals surface area contributed by atoms with Gasteiger partial charge < -0.3 is 20.7 Å². The molecule has 3 heterocycles. The van der Waals surface area contributed by atoms with Gasteiger partial charge in [-0.05, 0) is 81.9 Å². The van der Waals surface area contributed by atoms with Crippen LogP contribution in [0, 0.1) is 6.92 Å². The standard InChI is InChI=1S/C27H32ClN5O3S/c1-16(2)37(34,35)23-7-5-4-6-21(23)31-26-20(28)15-30-27(33-26)32-22-14-17(3)24(18-8-11-29-12-9-18)19-10-13-36-25(19)22/h4-7,14-16,18,29H,8-13H2,1-3H3,(H2,30,31,32,33). The summed E-state index contributed by atoms with van der Waals surface area (Å²) in [7, 11) is -3.51. The lowest BCUT2D eigenvalue weighted by Crippen LogP contribution is -2.27. The minimum atomic E-state index is -3.51. The van der Waals surface area contributed by atoms with Gasteiger partial charge in [0.05, 0.1) is 34.3 Å². The monoisotopic (exact) mass is 541 g/mol. The Labute approximate surface area is 223 Å². The van der Waals surface area contributed by atoms with Crippen molar-refractivity contribution in [3.63, 3.8) is 0 Å². The van der Waals surface area contributed by atoms with E-state index in [4.69, 9.17) is 16.3 Å². The quantitative estimate of drug-likeness (QED) is 0.359. The van der Waals surface area contributed by atoms with Crippen molar-refractivity contribution in [2.45, 2.75) is 56.1 Å². The zero-order valence-electron chi connectivity index (χ0n) is 21.3. The van der Waals surface area contributed by atoms with Gasteiger partial charge in [0.15, 0.2) is 15.7 Å². The molecule has 0 radical (unpaired) electrons. The summed E-state index contributed by atoms with van der Waals surface area (Å²) in [4.78, 5) is 9.14. The fourth-order valence-electron chi connectivity index (χ4n) is 5.16. The molecule has 0 unspecified atom stereocenters. The lowest BCUT2D eigenvalue weighted by molar-refractivity contribution is 0.358. The molecule has 2 aliphatic heterocycles. The minimum absolute atomic E-state index is 0.199. The number of fused-ring (bicyclic) bond motifs is 1. The number of halogens is 1. The molecule has 5 rings (SSSR count). The maximum atomic E-state index is 12.9. The summed E-state index contributed by atoms with van der Waals surface area (Å²) in [5.41, 5.74) is 5.16. The van der Waals surface area contributed by atoms with Crippen LogP contribution in [0.5, 0.6) is 5.75 Å². The molecule has 8 nitrogen and oxygen atoms in total. The van der Waals surface area contributed by atoms with Crippen molar-refractivity contribution in [1.82, 2.24) is 15.3 Å². The molecule has 0 aliphatic carbocycles. The topological polar surface area (TPSA) is 105 Å². The summed E-state index contributed by atoms with van der Waals surface area (Å²) >= 11 is 6.41. The van der Waals surface area contributed by atoms with E-state index in [9.17, 15) is 8.42 Å². The van der Waals surface area contributed by atoms with Gasteiger partial charge in [-0.2, -0.15) is 4.98 Å².